The maximum Gasteiger partial charge on any atom is 0.00121 e. The topological polar surface area (TPSA) is 0 Å². The fraction of sp³-hybridized carbons (Fsp3) is 0.250. The minimum atomic E-state index is 0.539. The Morgan fingerprint density at radius 3 is 2.62 bits per heavy atom. The van der Waals surface area contributed by atoms with Crippen LogP contribution in [0.4, 0.5) is 0 Å². The third-order valence-corrected chi connectivity index (χ3v) is 3.19. The summed E-state index contributed by atoms with van der Waals surface area (Å²) in [6.45, 7) is 6.29. The Kier molecular flexibility index (Phi) is 3.40. The van der Waals surface area contributed by atoms with Gasteiger partial charge in [-0.1, -0.05) is 67.6 Å². The highest BCUT2D eigenvalue weighted by Crippen LogP contribution is 2.28. The molecule has 0 amide bonds. The minimum Gasteiger partial charge on any atom is -0.0993 e. The van der Waals surface area contributed by atoms with Crippen molar-refractivity contribution in [3.05, 3.63) is 66.3 Å². The zero-order chi connectivity index (χ0) is 11.4. The highest BCUT2D eigenvalue weighted by Gasteiger charge is 2.11. The molecule has 0 nitrogen and oxygen atoms in total. The van der Waals surface area contributed by atoms with Crippen LogP contribution in [0.3, 0.4) is 0 Å². The van der Waals surface area contributed by atoms with Crippen molar-refractivity contribution in [2.75, 3.05) is 0 Å². The van der Waals surface area contributed by atoms with E-state index in [-0.39, 0.29) is 0 Å². The molecule has 0 aliphatic heterocycles. The van der Waals surface area contributed by atoms with Crippen LogP contribution in [-0.4, -0.2) is 0 Å². The smallest absolute Gasteiger partial charge is 0.00121 e. The van der Waals surface area contributed by atoms with E-state index < -0.39 is 0 Å². The second-order valence-corrected chi connectivity index (χ2v) is 4.24. The van der Waals surface area contributed by atoms with E-state index in [1.165, 1.54) is 16.7 Å². The molecule has 1 aromatic carbocycles. The zero-order valence-electron chi connectivity index (χ0n) is 9.82. The van der Waals surface area contributed by atoms with Crippen molar-refractivity contribution in [3.63, 3.8) is 0 Å². The normalized spacial score (nSPS) is 19.3. The molecule has 0 saturated heterocycles. The molecule has 0 N–H and O–H groups in total. The molecular weight excluding hydrogens is 192 g/mol. The lowest BCUT2D eigenvalue weighted by atomic mass is 9.88. The summed E-state index contributed by atoms with van der Waals surface area (Å²) in [5.41, 5.74) is 3.97. The first-order valence-electron chi connectivity index (χ1n) is 5.92. The summed E-state index contributed by atoms with van der Waals surface area (Å²) in [6, 6.07) is 10.5. The summed E-state index contributed by atoms with van der Waals surface area (Å²) in [4.78, 5) is 0. The molecule has 0 aromatic heterocycles. The van der Waals surface area contributed by atoms with Gasteiger partial charge in [-0.2, -0.15) is 0 Å². The van der Waals surface area contributed by atoms with Gasteiger partial charge in [-0.25, -0.2) is 0 Å². The van der Waals surface area contributed by atoms with E-state index in [0.717, 1.165) is 12.8 Å². The number of hydrogen-bond donors (Lipinski definition) is 0. The SMILES string of the molecule is C=C(CC)C1C=CC(c2ccccc2)=CC1. The molecule has 1 aliphatic rings. The average Bonchev–Trinajstić information content (AvgIpc) is 2.39. The fourth-order valence-corrected chi connectivity index (χ4v) is 2.03. The van der Waals surface area contributed by atoms with Gasteiger partial charge < -0.3 is 0 Å². The third-order valence-electron chi connectivity index (χ3n) is 3.19. The van der Waals surface area contributed by atoms with Crippen LogP contribution in [0.15, 0.2) is 60.7 Å². The van der Waals surface area contributed by atoms with E-state index in [1.54, 1.807) is 0 Å². The Labute approximate surface area is 98.0 Å². The Balaban J connectivity index is 2.11. The van der Waals surface area contributed by atoms with E-state index in [1.807, 2.05) is 0 Å². The molecule has 16 heavy (non-hydrogen) atoms. The van der Waals surface area contributed by atoms with E-state index in [0.29, 0.717) is 5.92 Å². The van der Waals surface area contributed by atoms with Gasteiger partial charge in [0.05, 0.1) is 0 Å². The lowest BCUT2D eigenvalue weighted by Crippen LogP contribution is -2.01. The average molecular weight is 210 g/mol. The molecule has 1 atom stereocenters. The predicted molar refractivity (Wildman–Crippen MR) is 71.1 cm³/mol. The predicted octanol–water partition coefficient (Wildman–Crippen LogP) is 4.61. The molecular formula is C16H18. The molecule has 1 aliphatic carbocycles. The first-order valence-corrected chi connectivity index (χ1v) is 5.92. The monoisotopic (exact) mass is 210 g/mol. The molecule has 0 bridgehead atoms. The maximum atomic E-state index is 4.11. The van der Waals surface area contributed by atoms with E-state index >= 15 is 0 Å². The molecule has 0 spiro atoms. The van der Waals surface area contributed by atoms with Crippen molar-refractivity contribution in [2.45, 2.75) is 19.8 Å². The van der Waals surface area contributed by atoms with E-state index in [4.69, 9.17) is 0 Å². The van der Waals surface area contributed by atoms with Crippen LogP contribution in [0.1, 0.15) is 25.3 Å². The first kappa shape index (κ1) is 10.9. The van der Waals surface area contributed by atoms with Gasteiger partial charge in [0.15, 0.2) is 0 Å². The summed E-state index contributed by atoms with van der Waals surface area (Å²) >= 11 is 0. The quantitative estimate of drug-likeness (QED) is 0.639. The highest BCUT2D eigenvalue weighted by atomic mass is 14.2. The van der Waals surface area contributed by atoms with Crippen molar-refractivity contribution >= 4 is 5.57 Å². The standard InChI is InChI=1S/C16H18/c1-3-13(2)14-9-11-16(12-10-14)15-7-5-4-6-8-15/h4-9,11-12,14H,2-3,10H2,1H3. The molecule has 0 saturated carbocycles. The van der Waals surface area contributed by atoms with Crippen molar-refractivity contribution in [3.8, 4) is 0 Å². The Hall–Kier alpha value is -1.56. The van der Waals surface area contributed by atoms with Crippen LogP contribution in [0.25, 0.3) is 5.57 Å². The first-order chi connectivity index (χ1) is 7.81. The van der Waals surface area contributed by atoms with Crippen molar-refractivity contribution in [1.29, 1.82) is 0 Å². The highest BCUT2D eigenvalue weighted by molar-refractivity contribution is 5.75. The maximum absolute atomic E-state index is 4.11. The summed E-state index contributed by atoms with van der Waals surface area (Å²) < 4.78 is 0. The van der Waals surface area contributed by atoms with Gasteiger partial charge in [0.25, 0.3) is 0 Å². The Morgan fingerprint density at radius 2 is 2.06 bits per heavy atom. The van der Waals surface area contributed by atoms with Crippen LogP contribution in [-0.2, 0) is 0 Å². The van der Waals surface area contributed by atoms with Crippen LogP contribution < -0.4 is 0 Å². The lowest BCUT2D eigenvalue weighted by molar-refractivity contribution is 0.738. The lowest BCUT2D eigenvalue weighted by Gasteiger charge is -2.17. The summed E-state index contributed by atoms with van der Waals surface area (Å²) in [5, 5.41) is 0. The number of benzene rings is 1. The molecule has 0 fully saturated rings. The molecule has 82 valence electrons. The Morgan fingerprint density at radius 1 is 1.31 bits per heavy atom. The van der Waals surface area contributed by atoms with Crippen LogP contribution in [0.2, 0.25) is 0 Å². The second kappa shape index (κ2) is 4.98. The number of allylic oxidation sites excluding steroid dienone is 5. The summed E-state index contributed by atoms with van der Waals surface area (Å²) in [6.07, 6.45) is 9.00. The fourth-order valence-electron chi connectivity index (χ4n) is 2.03. The van der Waals surface area contributed by atoms with Crippen LogP contribution in [0.5, 0.6) is 0 Å². The molecule has 0 radical (unpaired) electrons. The van der Waals surface area contributed by atoms with E-state index in [9.17, 15) is 0 Å². The molecule has 0 heterocycles. The number of hydrogen-bond acceptors (Lipinski definition) is 0. The molecule has 1 aromatic rings. The van der Waals surface area contributed by atoms with Gasteiger partial charge >= 0.3 is 0 Å². The van der Waals surface area contributed by atoms with Crippen molar-refractivity contribution in [2.24, 2.45) is 5.92 Å². The van der Waals surface area contributed by atoms with Crippen molar-refractivity contribution in [1.82, 2.24) is 0 Å². The van der Waals surface area contributed by atoms with Crippen molar-refractivity contribution < 1.29 is 0 Å². The van der Waals surface area contributed by atoms with Gasteiger partial charge in [-0.15, -0.1) is 0 Å². The Bertz CT molecular complexity index is 421. The molecule has 1 unspecified atom stereocenters. The van der Waals surface area contributed by atoms with Gasteiger partial charge in [0.2, 0.25) is 0 Å². The molecule has 2 rings (SSSR count). The minimum absolute atomic E-state index is 0.539. The van der Waals surface area contributed by atoms with Crippen LogP contribution in [0, 0.1) is 5.92 Å². The second-order valence-electron chi connectivity index (χ2n) is 4.24. The van der Waals surface area contributed by atoms with Gasteiger partial charge in [-0.05, 0) is 24.0 Å². The van der Waals surface area contributed by atoms with Gasteiger partial charge in [-0.3, -0.25) is 0 Å². The summed E-state index contributed by atoms with van der Waals surface area (Å²) in [7, 11) is 0. The number of rotatable bonds is 3. The summed E-state index contributed by atoms with van der Waals surface area (Å²) in [5.74, 6) is 0.539. The van der Waals surface area contributed by atoms with Gasteiger partial charge in [0, 0.05) is 5.92 Å². The largest absolute Gasteiger partial charge is 0.0993 e. The van der Waals surface area contributed by atoms with E-state index in [2.05, 4.69) is 62.1 Å². The third kappa shape index (κ3) is 2.33. The zero-order valence-corrected chi connectivity index (χ0v) is 9.82. The van der Waals surface area contributed by atoms with Crippen LogP contribution >= 0.6 is 0 Å². The van der Waals surface area contributed by atoms with Gasteiger partial charge in [0.1, 0.15) is 0 Å². The molecule has 0 heteroatoms.